The lowest BCUT2D eigenvalue weighted by Gasteiger charge is -2.02. The molecule has 1 aromatic heterocycles. The van der Waals surface area contributed by atoms with Gasteiger partial charge in [-0.1, -0.05) is 42.2 Å². The largest absolute Gasteiger partial charge is 0.389 e. The van der Waals surface area contributed by atoms with Crippen LogP contribution in [0.4, 0.5) is 0 Å². The van der Waals surface area contributed by atoms with Crippen LogP contribution in [-0.4, -0.2) is 20.2 Å². The number of rotatable bonds is 4. The van der Waals surface area contributed by atoms with Crippen LogP contribution in [-0.2, 0) is 5.75 Å². The lowest BCUT2D eigenvalue weighted by molar-refractivity contribution is 0.973. The molecule has 0 fully saturated rings. The number of nitrogens with two attached hydrogens (primary N) is 1. The molecule has 0 spiro atoms. The summed E-state index contributed by atoms with van der Waals surface area (Å²) in [5.41, 5.74) is 7.62. The quantitative estimate of drug-likeness (QED) is 0.639. The molecule has 0 radical (unpaired) electrons. The highest BCUT2D eigenvalue weighted by atomic mass is 32.2. The van der Waals surface area contributed by atoms with Crippen LogP contribution in [0.2, 0.25) is 0 Å². The van der Waals surface area contributed by atoms with Crippen LogP contribution in [0.5, 0.6) is 0 Å². The highest BCUT2D eigenvalue weighted by molar-refractivity contribution is 7.98. The van der Waals surface area contributed by atoms with Gasteiger partial charge in [-0.25, -0.2) is 4.98 Å². The molecule has 1 heterocycles. The third-order valence-corrected chi connectivity index (χ3v) is 3.16. The number of aromatic nitrogens is 3. The molecule has 0 aliphatic carbocycles. The number of nitrogens with one attached hydrogen (secondary N) is 1. The number of H-pyrrole nitrogens is 1. The van der Waals surface area contributed by atoms with Crippen LogP contribution in [0.3, 0.4) is 0 Å². The Morgan fingerprint density at radius 3 is 3.06 bits per heavy atom. The van der Waals surface area contributed by atoms with Crippen molar-refractivity contribution in [1.29, 1.82) is 0 Å². The van der Waals surface area contributed by atoms with Gasteiger partial charge in [-0.2, -0.15) is 5.10 Å². The maximum Gasteiger partial charge on any atom is 0.183 e. The number of hydrogen-bond donors (Lipinski definition) is 2. The molecule has 0 aliphatic rings. The van der Waals surface area contributed by atoms with Crippen LogP contribution in [0.1, 0.15) is 11.1 Å². The first-order valence-electron chi connectivity index (χ1n) is 4.62. The van der Waals surface area contributed by atoms with Crippen molar-refractivity contribution >= 4 is 29.0 Å². The molecule has 3 N–H and O–H groups in total. The van der Waals surface area contributed by atoms with Gasteiger partial charge >= 0.3 is 0 Å². The van der Waals surface area contributed by atoms with Crippen molar-refractivity contribution in [1.82, 2.24) is 15.2 Å². The Bertz CT molecular complexity index is 481. The Hall–Kier alpha value is -1.40. The van der Waals surface area contributed by atoms with E-state index in [-0.39, 0.29) is 0 Å². The summed E-state index contributed by atoms with van der Waals surface area (Å²) in [7, 11) is 0. The highest BCUT2D eigenvalue weighted by Gasteiger charge is 2.01. The van der Waals surface area contributed by atoms with Gasteiger partial charge in [0, 0.05) is 11.3 Å². The number of nitrogens with zero attached hydrogens (tertiary/aromatic N) is 2. The standard InChI is InChI=1S/C10H10N4S2/c11-9(15)8-3-1-2-7(4-8)5-16-10-12-6-13-14-10/h1-4,6H,5H2,(H2,11,15)(H,12,13,14). The second kappa shape index (κ2) is 5.09. The number of thioether (sulfide) groups is 1. The van der Waals surface area contributed by atoms with Gasteiger partial charge in [-0.15, -0.1) is 0 Å². The van der Waals surface area contributed by atoms with Crippen molar-refractivity contribution in [3.8, 4) is 0 Å². The van der Waals surface area contributed by atoms with Gasteiger partial charge < -0.3 is 5.73 Å². The van der Waals surface area contributed by atoms with Gasteiger partial charge in [0.25, 0.3) is 0 Å². The molecule has 0 amide bonds. The second-order valence-electron chi connectivity index (χ2n) is 3.14. The van der Waals surface area contributed by atoms with Crippen LogP contribution in [0, 0.1) is 0 Å². The molecule has 0 saturated carbocycles. The van der Waals surface area contributed by atoms with Gasteiger partial charge in [-0.3, -0.25) is 5.10 Å². The van der Waals surface area contributed by atoms with E-state index in [1.807, 2.05) is 24.3 Å². The minimum atomic E-state index is 0.423. The summed E-state index contributed by atoms with van der Waals surface area (Å²) in [6, 6.07) is 7.88. The lowest BCUT2D eigenvalue weighted by atomic mass is 10.1. The molecular formula is C10H10N4S2. The van der Waals surface area contributed by atoms with Crippen molar-refractivity contribution in [3.63, 3.8) is 0 Å². The van der Waals surface area contributed by atoms with Gasteiger partial charge in [0.1, 0.15) is 11.3 Å². The molecule has 1 aromatic carbocycles. The zero-order valence-corrected chi connectivity index (χ0v) is 10.0. The Balaban J connectivity index is 2.04. The Morgan fingerprint density at radius 2 is 2.38 bits per heavy atom. The molecule has 4 nitrogen and oxygen atoms in total. The molecule has 0 aliphatic heterocycles. The number of aromatic amines is 1. The monoisotopic (exact) mass is 250 g/mol. The fourth-order valence-electron chi connectivity index (χ4n) is 1.23. The van der Waals surface area contributed by atoms with Gasteiger partial charge in [0.15, 0.2) is 5.16 Å². The van der Waals surface area contributed by atoms with E-state index in [9.17, 15) is 0 Å². The molecule has 2 rings (SSSR count). The molecule has 0 unspecified atom stereocenters. The zero-order valence-electron chi connectivity index (χ0n) is 8.38. The number of thiocarbonyl (C=S) groups is 1. The molecule has 82 valence electrons. The highest BCUT2D eigenvalue weighted by Crippen LogP contribution is 2.18. The zero-order chi connectivity index (χ0) is 11.4. The minimum absolute atomic E-state index is 0.423. The summed E-state index contributed by atoms with van der Waals surface area (Å²) < 4.78 is 0. The lowest BCUT2D eigenvalue weighted by Crippen LogP contribution is -2.09. The smallest absolute Gasteiger partial charge is 0.183 e. The molecule has 0 bridgehead atoms. The van der Waals surface area contributed by atoms with E-state index in [0.29, 0.717) is 4.99 Å². The average molecular weight is 250 g/mol. The Labute approximate surface area is 103 Å². The Kier molecular flexibility index (Phi) is 3.53. The van der Waals surface area contributed by atoms with Crippen LogP contribution in [0.25, 0.3) is 0 Å². The van der Waals surface area contributed by atoms with E-state index in [1.165, 1.54) is 6.33 Å². The fraction of sp³-hybridized carbons (Fsp3) is 0.100. The van der Waals surface area contributed by atoms with E-state index in [0.717, 1.165) is 22.0 Å². The predicted octanol–water partition coefficient (Wildman–Crippen LogP) is 1.73. The van der Waals surface area contributed by atoms with Crippen molar-refractivity contribution in [3.05, 3.63) is 41.7 Å². The molecular weight excluding hydrogens is 240 g/mol. The SMILES string of the molecule is NC(=S)c1cccc(CSc2ncn[nH]2)c1. The number of benzene rings is 1. The number of hydrogen-bond acceptors (Lipinski definition) is 4. The van der Waals surface area contributed by atoms with E-state index >= 15 is 0 Å². The van der Waals surface area contributed by atoms with Crippen LogP contribution >= 0.6 is 24.0 Å². The maximum absolute atomic E-state index is 5.57. The maximum atomic E-state index is 5.57. The fourth-order valence-corrected chi connectivity index (χ4v) is 2.08. The third kappa shape index (κ3) is 2.80. The van der Waals surface area contributed by atoms with E-state index in [4.69, 9.17) is 18.0 Å². The second-order valence-corrected chi connectivity index (χ2v) is 4.55. The summed E-state index contributed by atoms with van der Waals surface area (Å²) in [6.07, 6.45) is 1.49. The summed E-state index contributed by atoms with van der Waals surface area (Å²) >= 11 is 6.52. The summed E-state index contributed by atoms with van der Waals surface area (Å²) in [4.78, 5) is 4.46. The van der Waals surface area contributed by atoms with E-state index < -0.39 is 0 Å². The predicted molar refractivity (Wildman–Crippen MR) is 68.3 cm³/mol. The van der Waals surface area contributed by atoms with Crippen LogP contribution < -0.4 is 5.73 Å². The minimum Gasteiger partial charge on any atom is -0.389 e. The molecule has 16 heavy (non-hydrogen) atoms. The first-order valence-corrected chi connectivity index (χ1v) is 6.02. The molecule has 0 atom stereocenters. The molecule has 2 aromatic rings. The van der Waals surface area contributed by atoms with Crippen LogP contribution in [0.15, 0.2) is 35.7 Å². The Morgan fingerprint density at radius 1 is 1.50 bits per heavy atom. The topological polar surface area (TPSA) is 67.6 Å². The summed E-state index contributed by atoms with van der Waals surface area (Å²) in [5, 5.41) is 7.38. The summed E-state index contributed by atoms with van der Waals surface area (Å²) in [6.45, 7) is 0. The normalized spacial score (nSPS) is 10.2. The van der Waals surface area contributed by atoms with Crippen molar-refractivity contribution < 1.29 is 0 Å². The van der Waals surface area contributed by atoms with Crippen molar-refractivity contribution in [2.75, 3.05) is 0 Å². The van der Waals surface area contributed by atoms with Crippen molar-refractivity contribution in [2.45, 2.75) is 10.9 Å². The van der Waals surface area contributed by atoms with Gasteiger partial charge in [0.05, 0.1) is 0 Å². The first kappa shape index (κ1) is 11.1. The third-order valence-electron chi connectivity index (χ3n) is 1.98. The van der Waals surface area contributed by atoms with E-state index in [2.05, 4.69) is 15.2 Å². The molecule has 0 saturated heterocycles. The van der Waals surface area contributed by atoms with E-state index in [1.54, 1.807) is 11.8 Å². The molecule has 6 heteroatoms. The summed E-state index contributed by atoms with van der Waals surface area (Å²) in [5.74, 6) is 0.811. The van der Waals surface area contributed by atoms with Gasteiger partial charge in [-0.05, 0) is 11.6 Å². The first-order chi connectivity index (χ1) is 7.75. The average Bonchev–Trinajstić information content (AvgIpc) is 2.79. The van der Waals surface area contributed by atoms with Crippen molar-refractivity contribution in [2.24, 2.45) is 5.73 Å². The van der Waals surface area contributed by atoms with Gasteiger partial charge in [0.2, 0.25) is 0 Å².